The van der Waals surface area contributed by atoms with Gasteiger partial charge in [-0.1, -0.05) is 28.1 Å². The van der Waals surface area contributed by atoms with Gasteiger partial charge in [-0.05, 0) is 49.0 Å². The quantitative estimate of drug-likeness (QED) is 0.437. The van der Waals surface area contributed by atoms with E-state index in [9.17, 15) is 0 Å². The summed E-state index contributed by atoms with van der Waals surface area (Å²) in [6.45, 7) is 0.996. The van der Waals surface area contributed by atoms with E-state index in [0.29, 0.717) is 12.0 Å². The number of nitrogens with one attached hydrogen (secondary N) is 2. The molecule has 0 aromatic heterocycles. The number of guanidine groups is 1. The number of hydrogen-bond donors (Lipinski definition) is 2. The lowest BCUT2D eigenvalue weighted by atomic mass is 10.1. The van der Waals surface area contributed by atoms with Gasteiger partial charge in [-0.2, -0.15) is 11.8 Å². The van der Waals surface area contributed by atoms with Gasteiger partial charge in [-0.15, -0.1) is 0 Å². The maximum absolute atomic E-state index is 4.31. The fraction of sp³-hybridized carbons (Fsp3) is 0.562. The number of aliphatic imine (C=N–C) groups is 1. The van der Waals surface area contributed by atoms with Gasteiger partial charge < -0.3 is 10.6 Å². The summed E-state index contributed by atoms with van der Waals surface area (Å²) in [7, 11) is 1.84. The molecule has 0 heterocycles. The average molecular weight is 370 g/mol. The van der Waals surface area contributed by atoms with Gasteiger partial charge in [0.2, 0.25) is 0 Å². The predicted molar refractivity (Wildman–Crippen MR) is 97.4 cm³/mol. The second-order valence-corrected chi connectivity index (χ2v) is 7.24. The van der Waals surface area contributed by atoms with E-state index in [1.807, 2.05) is 18.8 Å². The Kier molecular flexibility index (Phi) is 6.90. The van der Waals surface area contributed by atoms with Crippen molar-refractivity contribution in [2.45, 2.75) is 31.2 Å². The zero-order valence-corrected chi connectivity index (χ0v) is 15.1. The van der Waals surface area contributed by atoms with E-state index in [1.165, 1.54) is 30.6 Å². The minimum absolute atomic E-state index is 0.517. The molecule has 21 heavy (non-hydrogen) atoms. The van der Waals surface area contributed by atoms with Crippen LogP contribution in [0.2, 0.25) is 0 Å². The molecule has 3 nitrogen and oxygen atoms in total. The fourth-order valence-electron chi connectivity index (χ4n) is 2.38. The molecule has 2 N–H and O–H groups in total. The number of thioether (sulfide) groups is 1. The Morgan fingerprint density at radius 3 is 2.76 bits per heavy atom. The summed E-state index contributed by atoms with van der Waals surface area (Å²) in [5.41, 5.74) is 1.41. The van der Waals surface area contributed by atoms with Crippen LogP contribution in [0.15, 0.2) is 33.7 Å². The van der Waals surface area contributed by atoms with Crippen molar-refractivity contribution in [1.82, 2.24) is 10.6 Å². The SMILES string of the molecule is CN=C(NCCCCSC)NC1CC1c1ccc(Br)cc1. The van der Waals surface area contributed by atoms with E-state index in [0.717, 1.165) is 17.0 Å². The van der Waals surface area contributed by atoms with Crippen molar-refractivity contribution < 1.29 is 0 Å². The topological polar surface area (TPSA) is 36.4 Å². The summed E-state index contributed by atoms with van der Waals surface area (Å²) in [6.07, 6.45) is 5.80. The second kappa shape index (κ2) is 8.69. The highest BCUT2D eigenvalue weighted by Gasteiger charge is 2.38. The molecule has 0 saturated heterocycles. The molecule has 1 saturated carbocycles. The number of hydrogen-bond acceptors (Lipinski definition) is 2. The maximum atomic E-state index is 4.31. The van der Waals surface area contributed by atoms with Crippen molar-refractivity contribution >= 4 is 33.7 Å². The van der Waals surface area contributed by atoms with Crippen LogP contribution in [-0.2, 0) is 0 Å². The minimum Gasteiger partial charge on any atom is -0.356 e. The lowest BCUT2D eigenvalue weighted by molar-refractivity contribution is 0.728. The first-order valence-electron chi connectivity index (χ1n) is 7.46. The van der Waals surface area contributed by atoms with Crippen LogP contribution >= 0.6 is 27.7 Å². The Labute approximate surface area is 140 Å². The Balaban J connectivity index is 1.70. The number of nitrogens with zero attached hydrogens (tertiary/aromatic N) is 1. The summed E-state index contributed by atoms with van der Waals surface area (Å²) in [5.74, 6) is 2.79. The first kappa shape index (κ1) is 16.7. The molecule has 2 rings (SSSR count). The van der Waals surface area contributed by atoms with Crippen LogP contribution < -0.4 is 10.6 Å². The largest absolute Gasteiger partial charge is 0.356 e. The lowest BCUT2D eigenvalue weighted by Crippen LogP contribution is -2.39. The van der Waals surface area contributed by atoms with Gasteiger partial charge in [-0.3, -0.25) is 4.99 Å². The monoisotopic (exact) mass is 369 g/mol. The van der Waals surface area contributed by atoms with Crippen molar-refractivity contribution in [2.24, 2.45) is 4.99 Å². The van der Waals surface area contributed by atoms with Gasteiger partial charge in [-0.25, -0.2) is 0 Å². The third-order valence-corrected chi connectivity index (χ3v) is 4.93. The van der Waals surface area contributed by atoms with Gasteiger partial charge in [0.25, 0.3) is 0 Å². The molecule has 0 spiro atoms. The third kappa shape index (κ3) is 5.55. The van der Waals surface area contributed by atoms with E-state index in [2.05, 4.69) is 62.1 Å². The molecule has 1 aliphatic carbocycles. The van der Waals surface area contributed by atoms with Gasteiger partial charge in [0, 0.05) is 30.0 Å². The van der Waals surface area contributed by atoms with Crippen molar-refractivity contribution in [3.63, 3.8) is 0 Å². The number of benzene rings is 1. The fourth-order valence-corrected chi connectivity index (χ4v) is 3.14. The van der Waals surface area contributed by atoms with Gasteiger partial charge in [0.15, 0.2) is 5.96 Å². The van der Waals surface area contributed by atoms with Crippen LogP contribution in [-0.4, -0.2) is 37.6 Å². The molecule has 1 fully saturated rings. The normalized spacial score (nSPS) is 21.2. The summed E-state index contributed by atoms with van der Waals surface area (Å²) >= 11 is 5.39. The first-order chi connectivity index (χ1) is 10.2. The average Bonchev–Trinajstić information content (AvgIpc) is 3.26. The molecule has 116 valence electrons. The van der Waals surface area contributed by atoms with E-state index < -0.39 is 0 Å². The van der Waals surface area contributed by atoms with Crippen molar-refractivity contribution in [2.75, 3.05) is 25.6 Å². The van der Waals surface area contributed by atoms with Crippen LogP contribution in [0.5, 0.6) is 0 Å². The zero-order valence-electron chi connectivity index (χ0n) is 12.7. The van der Waals surface area contributed by atoms with Crippen molar-refractivity contribution in [3.05, 3.63) is 34.3 Å². The van der Waals surface area contributed by atoms with Crippen LogP contribution in [0.25, 0.3) is 0 Å². The Bertz CT molecular complexity index is 461. The van der Waals surface area contributed by atoms with Crippen LogP contribution in [0, 0.1) is 0 Å². The van der Waals surface area contributed by atoms with Gasteiger partial charge in [0.05, 0.1) is 0 Å². The number of unbranched alkanes of at least 4 members (excludes halogenated alkanes) is 1. The summed E-state index contributed by atoms with van der Waals surface area (Å²) in [6, 6.07) is 9.15. The highest BCUT2D eigenvalue weighted by Crippen LogP contribution is 2.40. The highest BCUT2D eigenvalue weighted by molar-refractivity contribution is 9.10. The lowest BCUT2D eigenvalue weighted by Gasteiger charge is -2.11. The summed E-state index contributed by atoms with van der Waals surface area (Å²) < 4.78 is 1.14. The Morgan fingerprint density at radius 1 is 1.33 bits per heavy atom. The predicted octanol–water partition coefficient (Wildman–Crippen LogP) is 3.61. The Morgan fingerprint density at radius 2 is 2.10 bits per heavy atom. The van der Waals surface area contributed by atoms with Gasteiger partial charge >= 0.3 is 0 Å². The standard InChI is InChI=1S/C16H24BrN3S/c1-18-16(19-9-3-4-10-21-2)20-15-11-14(15)12-5-7-13(17)8-6-12/h5-8,14-15H,3-4,9-11H2,1-2H3,(H2,18,19,20). The molecule has 0 amide bonds. The maximum Gasteiger partial charge on any atom is 0.191 e. The van der Waals surface area contributed by atoms with E-state index >= 15 is 0 Å². The van der Waals surface area contributed by atoms with Crippen LogP contribution in [0.4, 0.5) is 0 Å². The smallest absolute Gasteiger partial charge is 0.191 e. The van der Waals surface area contributed by atoms with E-state index in [-0.39, 0.29) is 0 Å². The molecule has 5 heteroatoms. The van der Waals surface area contributed by atoms with Gasteiger partial charge in [0.1, 0.15) is 0 Å². The number of rotatable bonds is 7. The van der Waals surface area contributed by atoms with Crippen molar-refractivity contribution in [1.29, 1.82) is 0 Å². The highest BCUT2D eigenvalue weighted by atomic mass is 79.9. The molecule has 2 unspecified atom stereocenters. The molecule has 1 aromatic rings. The molecule has 1 aromatic carbocycles. The Hall–Kier alpha value is -0.680. The third-order valence-electron chi connectivity index (χ3n) is 3.70. The van der Waals surface area contributed by atoms with E-state index in [1.54, 1.807) is 0 Å². The summed E-state index contributed by atoms with van der Waals surface area (Å²) in [4.78, 5) is 4.31. The van der Waals surface area contributed by atoms with Crippen LogP contribution in [0.1, 0.15) is 30.7 Å². The first-order valence-corrected chi connectivity index (χ1v) is 9.65. The molecular formula is C16H24BrN3S. The molecule has 1 aliphatic rings. The van der Waals surface area contributed by atoms with E-state index in [4.69, 9.17) is 0 Å². The minimum atomic E-state index is 0.517. The van der Waals surface area contributed by atoms with Crippen LogP contribution in [0.3, 0.4) is 0 Å². The molecule has 0 aliphatic heterocycles. The zero-order chi connectivity index (χ0) is 15.1. The molecule has 0 radical (unpaired) electrons. The molecule has 2 atom stereocenters. The number of halogens is 1. The molecular weight excluding hydrogens is 346 g/mol. The second-order valence-electron chi connectivity index (χ2n) is 5.34. The molecule has 0 bridgehead atoms. The summed E-state index contributed by atoms with van der Waals surface area (Å²) in [5, 5.41) is 6.92. The van der Waals surface area contributed by atoms with Crippen molar-refractivity contribution in [3.8, 4) is 0 Å².